The average molecular weight is 481 g/mol. The number of benzene rings is 2. The van der Waals surface area contributed by atoms with Crippen LogP contribution in [0.3, 0.4) is 0 Å². The molecule has 1 saturated carbocycles. The quantitative estimate of drug-likeness (QED) is 0.421. The molecule has 7 heteroatoms. The Hall–Kier alpha value is -3.03. The van der Waals surface area contributed by atoms with Gasteiger partial charge in [-0.15, -0.1) is 0 Å². The third-order valence-corrected chi connectivity index (χ3v) is 6.82. The average Bonchev–Trinajstić information content (AvgIpc) is 3.18. The van der Waals surface area contributed by atoms with Gasteiger partial charge in [0, 0.05) is 36.4 Å². The molecular weight excluding hydrogens is 447 g/mol. The number of hydrogen-bond acceptors (Lipinski definition) is 4. The lowest BCUT2D eigenvalue weighted by molar-refractivity contribution is -0.142. The molecule has 1 fully saturated rings. The highest BCUT2D eigenvalue weighted by molar-refractivity contribution is 5.83. The van der Waals surface area contributed by atoms with Crippen molar-refractivity contribution >= 4 is 5.97 Å². The van der Waals surface area contributed by atoms with E-state index < -0.39 is 5.97 Å². The third kappa shape index (κ3) is 6.16. The molecule has 0 spiro atoms. The van der Waals surface area contributed by atoms with Crippen LogP contribution >= 0.6 is 0 Å². The lowest BCUT2D eigenvalue weighted by Gasteiger charge is -2.28. The summed E-state index contributed by atoms with van der Waals surface area (Å²) in [6, 6.07) is 15.1. The van der Waals surface area contributed by atoms with Crippen molar-refractivity contribution in [3.63, 3.8) is 0 Å². The normalized spacial score (nSPS) is 18.0. The fraction of sp³-hybridized carbons (Fsp3) is 0.429. The molecule has 1 aromatic heterocycles. The fourth-order valence-corrected chi connectivity index (χ4v) is 5.05. The van der Waals surface area contributed by atoms with Crippen LogP contribution in [0.4, 0.5) is 4.39 Å². The molecule has 1 heterocycles. The first-order valence-corrected chi connectivity index (χ1v) is 12.3. The molecule has 186 valence electrons. The Balaban J connectivity index is 1.61. The summed E-state index contributed by atoms with van der Waals surface area (Å²) in [4.78, 5) is 10.7. The molecule has 0 unspecified atom stereocenters. The van der Waals surface area contributed by atoms with E-state index in [1.54, 1.807) is 6.07 Å². The third-order valence-electron chi connectivity index (χ3n) is 6.82. The minimum atomic E-state index is -0.941. The van der Waals surface area contributed by atoms with E-state index in [-0.39, 0.29) is 19.0 Å². The van der Waals surface area contributed by atoms with Crippen molar-refractivity contribution < 1.29 is 24.1 Å². The molecule has 6 nitrogen and oxygen atoms in total. The molecule has 35 heavy (non-hydrogen) atoms. The topological polar surface area (TPSA) is 84.6 Å². The lowest BCUT2D eigenvalue weighted by atomic mass is 9.82. The molecule has 2 aromatic carbocycles. The molecule has 0 aliphatic heterocycles. The molecule has 0 saturated heterocycles. The van der Waals surface area contributed by atoms with E-state index >= 15 is 4.39 Å². The van der Waals surface area contributed by atoms with Gasteiger partial charge >= 0.3 is 5.97 Å². The summed E-state index contributed by atoms with van der Waals surface area (Å²) >= 11 is 0. The van der Waals surface area contributed by atoms with Crippen molar-refractivity contribution in [2.75, 3.05) is 19.8 Å². The van der Waals surface area contributed by atoms with Gasteiger partial charge in [0.25, 0.3) is 0 Å². The second-order valence-electron chi connectivity index (χ2n) is 9.47. The van der Waals surface area contributed by atoms with Crippen molar-refractivity contribution in [1.29, 1.82) is 0 Å². The van der Waals surface area contributed by atoms with Crippen LogP contribution in [0.2, 0.25) is 0 Å². The highest BCUT2D eigenvalue weighted by atomic mass is 19.1. The van der Waals surface area contributed by atoms with Crippen LogP contribution in [0.15, 0.2) is 48.5 Å². The smallest absolute Gasteiger partial charge is 0.329 e. The minimum Gasteiger partial charge on any atom is -0.480 e. The van der Waals surface area contributed by atoms with Gasteiger partial charge in [0.1, 0.15) is 18.1 Å². The zero-order valence-electron chi connectivity index (χ0n) is 20.1. The molecule has 2 N–H and O–H groups in total. The van der Waals surface area contributed by atoms with Gasteiger partial charge in [-0.05, 0) is 67.7 Å². The summed E-state index contributed by atoms with van der Waals surface area (Å²) in [5.41, 5.74) is 4.67. The molecule has 3 aromatic rings. The van der Waals surface area contributed by atoms with Gasteiger partial charge in [-0.25, -0.2) is 9.18 Å². The van der Waals surface area contributed by atoms with Gasteiger partial charge in [0.05, 0.1) is 6.61 Å². The molecule has 1 aliphatic rings. The SMILES string of the molecule is Cc1ccc(-c2nn(CC3CCC(COCC(=O)O)CC3)c(CCO)c2-c2ccccc2)c(F)c1. The van der Waals surface area contributed by atoms with E-state index in [0.29, 0.717) is 42.7 Å². The Morgan fingerprint density at radius 2 is 1.83 bits per heavy atom. The Bertz CT molecular complexity index is 1140. The van der Waals surface area contributed by atoms with E-state index in [0.717, 1.165) is 48.1 Å². The number of aromatic nitrogens is 2. The van der Waals surface area contributed by atoms with Gasteiger partial charge in [0.15, 0.2) is 0 Å². The number of ether oxygens (including phenoxy) is 1. The summed E-state index contributed by atoms with van der Waals surface area (Å²) < 4.78 is 22.3. The van der Waals surface area contributed by atoms with Crippen LogP contribution in [-0.2, 0) is 22.5 Å². The monoisotopic (exact) mass is 480 g/mol. The predicted molar refractivity (Wildman–Crippen MR) is 132 cm³/mol. The maximum Gasteiger partial charge on any atom is 0.329 e. The first-order chi connectivity index (χ1) is 17.0. The molecule has 0 amide bonds. The van der Waals surface area contributed by atoms with Crippen LogP contribution in [-0.4, -0.2) is 45.8 Å². The van der Waals surface area contributed by atoms with E-state index in [4.69, 9.17) is 14.9 Å². The van der Waals surface area contributed by atoms with Crippen LogP contribution in [0.5, 0.6) is 0 Å². The molecule has 4 rings (SSSR count). The van der Waals surface area contributed by atoms with Crippen molar-refractivity contribution in [1.82, 2.24) is 9.78 Å². The Morgan fingerprint density at radius 1 is 1.11 bits per heavy atom. The standard InChI is InChI=1S/C28H33FN2O4/c1-19-7-12-23(24(29)15-19)28-27(22-5-3-2-4-6-22)25(13-14-32)31(30-28)16-20-8-10-21(11-9-20)17-35-18-26(33)34/h2-7,12,15,20-21,32H,8-11,13-14,16-18H2,1H3,(H,33,34). The number of hydrogen-bond donors (Lipinski definition) is 2. The Kier molecular flexibility index (Phi) is 8.31. The number of aliphatic carboxylic acids is 1. The first kappa shape index (κ1) is 25.1. The van der Waals surface area contributed by atoms with Gasteiger partial charge in [0.2, 0.25) is 0 Å². The number of carboxylic acid groups (broad SMARTS) is 1. The number of halogens is 1. The summed E-state index contributed by atoms with van der Waals surface area (Å²) in [6.45, 7) is 2.77. The number of nitrogens with zero attached hydrogens (tertiary/aromatic N) is 2. The van der Waals surface area contributed by atoms with E-state index in [1.165, 1.54) is 6.07 Å². The zero-order chi connectivity index (χ0) is 24.8. The summed E-state index contributed by atoms with van der Waals surface area (Å²) in [6.07, 6.45) is 4.38. The first-order valence-electron chi connectivity index (χ1n) is 12.3. The van der Waals surface area contributed by atoms with Crippen molar-refractivity contribution in [2.45, 2.75) is 45.6 Å². The maximum absolute atomic E-state index is 15.1. The second kappa shape index (κ2) is 11.6. The highest BCUT2D eigenvalue weighted by Crippen LogP contribution is 2.38. The number of aliphatic hydroxyl groups excluding tert-OH is 1. The van der Waals surface area contributed by atoms with Crippen molar-refractivity contribution in [3.05, 3.63) is 65.6 Å². The van der Waals surface area contributed by atoms with Crippen molar-refractivity contribution in [2.24, 2.45) is 11.8 Å². The van der Waals surface area contributed by atoms with Crippen LogP contribution < -0.4 is 0 Å². The minimum absolute atomic E-state index is 0.0188. The lowest BCUT2D eigenvalue weighted by Crippen LogP contribution is -2.24. The molecular formula is C28H33FN2O4. The number of carboxylic acids is 1. The fourth-order valence-electron chi connectivity index (χ4n) is 5.05. The van der Waals surface area contributed by atoms with Gasteiger partial charge in [-0.3, -0.25) is 4.68 Å². The molecule has 0 atom stereocenters. The number of aryl methyl sites for hydroxylation is 1. The van der Waals surface area contributed by atoms with E-state index in [1.807, 2.05) is 48.0 Å². The maximum atomic E-state index is 15.1. The van der Waals surface area contributed by atoms with Gasteiger partial charge in [-0.1, -0.05) is 36.4 Å². The van der Waals surface area contributed by atoms with Crippen molar-refractivity contribution in [3.8, 4) is 22.4 Å². The summed E-state index contributed by atoms with van der Waals surface area (Å²) in [5, 5.41) is 23.6. The highest BCUT2D eigenvalue weighted by Gasteiger charge is 2.26. The van der Waals surface area contributed by atoms with Crippen LogP contribution in [0, 0.1) is 24.6 Å². The Labute approximate surface area is 205 Å². The molecule has 0 radical (unpaired) electrons. The van der Waals surface area contributed by atoms with Gasteiger partial charge < -0.3 is 14.9 Å². The van der Waals surface area contributed by atoms with Gasteiger partial charge in [-0.2, -0.15) is 5.10 Å². The van der Waals surface area contributed by atoms with E-state index in [9.17, 15) is 9.90 Å². The number of carbonyl (C=O) groups is 1. The summed E-state index contributed by atoms with van der Waals surface area (Å²) in [5.74, 6) is -0.465. The number of aliphatic hydroxyl groups is 1. The molecule has 0 bridgehead atoms. The Morgan fingerprint density at radius 3 is 2.49 bits per heavy atom. The largest absolute Gasteiger partial charge is 0.480 e. The molecule has 1 aliphatic carbocycles. The second-order valence-corrected chi connectivity index (χ2v) is 9.47. The van der Waals surface area contributed by atoms with Crippen LogP contribution in [0.1, 0.15) is 36.9 Å². The zero-order valence-corrected chi connectivity index (χ0v) is 20.1. The van der Waals surface area contributed by atoms with E-state index in [2.05, 4.69) is 0 Å². The summed E-state index contributed by atoms with van der Waals surface area (Å²) in [7, 11) is 0. The number of rotatable bonds is 10. The predicted octanol–water partition coefficient (Wildman–Crippen LogP) is 5.11. The van der Waals surface area contributed by atoms with Crippen LogP contribution in [0.25, 0.3) is 22.4 Å².